The van der Waals surface area contributed by atoms with Crippen molar-refractivity contribution in [3.63, 3.8) is 0 Å². The fourth-order valence-corrected chi connectivity index (χ4v) is 2.51. The summed E-state index contributed by atoms with van der Waals surface area (Å²) in [4.78, 5) is 12.3. The molecule has 7 heteroatoms. The van der Waals surface area contributed by atoms with Crippen molar-refractivity contribution in [3.05, 3.63) is 23.8 Å². The maximum absolute atomic E-state index is 12.2. The number of halogens is 1. The molecule has 1 aromatic carbocycles. The molecule has 0 heterocycles. The standard InChI is InChI=1S/C14H21ClN2O3S/c1-10-6-7-11(21(19,20)17(4)5)8-12(10)16-13(18)14(2,3)9-15/h6-8H,9H2,1-5H3,(H,16,18). The van der Waals surface area contributed by atoms with Gasteiger partial charge in [-0.05, 0) is 38.5 Å². The normalized spacial score (nSPS) is 12.5. The van der Waals surface area contributed by atoms with Gasteiger partial charge in [0.05, 0.1) is 10.3 Å². The van der Waals surface area contributed by atoms with Crippen LogP contribution >= 0.6 is 11.6 Å². The Bertz CT molecular complexity index is 640. The number of rotatable bonds is 5. The zero-order chi connectivity index (χ0) is 16.4. The summed E-state index contributed by atoms with van der Waals surface area (Å²) in [6, 6.07) is 4.65. The molecule has 0 bridgehead atoms. The Morgan fingerprint density at radius 3 is 2.38 bits per heavy atom. The van der Waals surface area contributed by atoms with E-state index in [0.29, 0.717) is 5.69 Å². The smallest absolute Gasteiger partial charge is 0.242 e. The number of nitrogens with one attached hydrogen (secondary N) is 1. The van der Waals surface area contributed by atoms with Gasteiger partial charge in [-0.25, -0.2) is 12.7 Å². The predicted octanol–water partition coefficient (Wildman–Crippen LogP) is 2.45. The first-order valence-electron chi connectivity index (χ1n) is 6.43. The molecule has 0 aliphatic carbocycles. The van der Waals surface area contributed by atoms with Gasteiger partial charge in [-0.15, -0.1) is 11.6 Å². The predicted molar refractivity (Wildman–Crippen MR) is 85.2 cm³/mol. The largest absolute Gasteiger partial charge is 0.325 e. The zero-order valence-corrected chi connectivity index (χ0v) is 14.5. The Labute approximate surface area is 131 Å². The van der Waals surface area contributed by atoms with Crippen LogP contribution in [0.3, 0.4) is 0 Å². The first kappa shape index (κ1) is 17.9. The topological polar surface area (TPSA) is 66.5 Å². The molecule has 21 heavy (non-hydrogen) atoms. The van der Waals surface area contributed by atoms with Gasteiger partial charge in [0.1, 0.15) is 0 Å². The first-order chi connectivity index (χ1) is 9.52. The average Bonchev–Trinajstić information content (AvgIpc) is 2.40. The molecule has 1 N–H and O–H groups in total. The quantitative estimate of drug-likeness (QED) is 0.842. The van der Waals surface area contributed by atoms with Crippen LogP contribution in [0.5, 0.6) is 0 Å². The van der Waals surface area contributed by atoms with Crippen LogP contribution in [0.25, 0.3) is 0 Å². The van der Waals surface area contributed by atoms with Crippen molar-refractivity contribution in [2.24, 2.45) is 5.41 Å². The van der Waals surface area contributed by atoms with Crippen molar-refractivity contribution in [1.82, 2.24) is 4.31 Å². The highest BCUT2D eigenvalue weighted by molar-refractivity contribution is 7.89. The lowest BCUT2D eigenvalue weighted by atomic mass is 9.95. The molecule has 0 saturated carbocycles. The zero-order valence-electron chi connectivity index (χ0n) is 12.9. The Balaban J connectivity index is 3.19. The van der Waals surface area contributed by atoms with E-state index in [1.165, 1.54) is 26.2 Å². The molecule has 0 atom stereocenters. The van der Waals surface area contributed by atoms with Crippen LogP contribution < -0.4 is 5.32 Å². The second-order valence-corrected chi connectivity index (χ2v) is 8.15. The van der Waals surface area contributed by atoms with Gasteiger partial charge < -0.3 is 5.32 Å². The van der Waals surface area contributed by atoms with Crippen LogP contribution in [-0.2, 0) is 14.8 Å². The highest BCUT2D eigenvalue weighted by Crippen LogP contribution is 2.25. The minimum Gasteiger partial charge on any atom is -0.325 e. The Morgan fingerprint density at radius 1 is 1.33 bits per heavy atom. The van der Waals surface area contributed by atoms with Crippen LogP contribution in [0.2, 0.25) is 0 Å². The SMILES string of the molecule is Cc1ccc(S(=O)(=O)N(C)C)cc1NC(=O)C(C)(C)CCl. The summed E-state index contributed by atoms with van der Waals surface area (Å²) in [6.45, 7) is 5.26. The molecule has 5 nitrogen and oxygen atoms in total. The summed E-state index contributed by atoms with van der Waals surface area (Å²) in [6.07, 6.45) is 0. The molecule has 1 rings (SSSR count). The molecule has 0 fully saturated rings. The van der Waals surface area contributed by atoms with Crippen molar-refractivity contribution in [1.29, 1.82) is 0 Å². The number of alkyl halides is 1. The van der Waals surface area contributed by atoms with Crippen LogP contribution in [0.15, 0.2) is 23.1 Å². The van der Waals surface area contributed by atoms with Gasteiger partial charge in [0.25, 0.3) is 0 Å². The minimum atomic E-state index is -3.54. The second kappa shape index (κ2) is 6.34. The van der Waals surface area contributed by atoms with E-state index in [9.17, 15) is 13.2 Å². The number of carbonyl (C=O) groups excluding carboxylic acids is 1. The van der Waals surface area contributed by atoms with E-state index in [1.807, 2.05) is 0 Å². The van der Waals surface area contributed by atoms with Crippen LogP contribution in [0.4, 0.5) is 5.69 Å². The molecule has 0 saturated heterocycles. The summed E-state index contributed by atoms with van der Waals surface area (Å²) >= 11 is 5.78. The third-order valence-corrected chi connectivity index (χ3v) is 5.66. The highest BCUT2D eigenvalue weighted by atomic mass is 35.5. The maximum atomic E-state index is 12.2. The fraction of sp³-hybridized carbons (Fsp3) is 0.500. The number of carbonyl (C=O) groups is 1. The van der Waals surface area contributed by atoms with Crippen molar-refractivity contribution in [2.45, 2.75) is 25.7 Å². The summed E-state index contributed by atoms with van der Waals surface area (Å²) < 4.78 is 25.4. The average molecular weight is 333 g/mol. The van der Waals surface area contributed by atoms with Crippen molar-refractivity contribution in [3.8, 4) is 0 Å². The molecule has 0 aliphatic rings. The van der Waals surface area contributed by atoms with E-state index in [2.05, 4.69) is 5.32 Å². The molecular weight excluding hydrogens is 312 g/mol. The van der Waals surface area contributed by atoms with Gasteiger partial charge in [-0.2, -0.15) is 0 Å². The molecule has 1 aromatic rings. The van der Waals surface area contributed by atoms with Gasteiger partial charge >= 0.3 is 0 Å². The number of sulfonamides is 1. The van der Waals surface area contributed by atoms with Crippen molar-refractivity contribution < 1.29 is 13.2 Å². The Morgan fingerprint density at radius 2 is 1.90 bits per heavy atom. The molecule has 0 aromatic heterocycles. The van der Waals surface area contributed by atoms with Crippen LogP contribution in [0.1, 0.15) is 19.4 Å². The van der Waals surface area contributed by atoms with Crippen molar-refractivity contribution >= 4 is 33.2 Å². The van der Waals surface area contributed by atoms with Gasteiger partial charge in [0, 0.05) is 25.7 Å². The Hall–Kier alpha value is -1.11. The van der Waals surface area contributed by atoms with Gasteiger partial charge in [-0.3, -0.25) is 4.79 Å². The summed E-state index contributed by atoms with van der Waals surface area (Å²) in [5.74, 6) is -0.0758. The van der Waals surface area contributed by atoms with Gasteiger partial charge in [0.15, 0.2) is 0 Å². The number of nitrogens with zero attached hydrogens (tertiary/aromatic N) is 1. The van der Waals surface area contributed by atoms with Gasteiger partial charge in [0.2, 0.25) is 15.9 Å². The number of amides is 1. The van der Waals surface area contributed by atoms with E-state index >= 15 is 0 Å². The van der Waals surface area contributed by atoms with E-state index in [-0.39, 0.29) is 16.7 Å². The lowest BCUT2D eigenvalue weighted by Gasteiger charge is -2.21. The first-order valence-corrected chi connectivity index (χ1v) is 8.40. The summed E-state index contributed by atoms with van der Waals surface area (Å²) in [7, 11) is -0.612. The molecule has 0 radical (unpaired) electrons. The number of anilines is 1. The molecule has 1 amide bonds. The lowest BCUT2D eigenvalue weighted by Crippen LogP contribution is -2.32. The maximum Gasteiger partial charge on any atom is 0.242 e. The van der Waals surface area contributed by atoms with Crippen LogP contribution in [0, 0.1) is 12.3 Å². The number of benzene rings is 1. The second-order valence-electron chi connectivity index (χ2n) is 5.74. The fourth-order valence-electron chi connectivity index (χ4n) is 1.46. The minimum absolute atomic E-state index is 0.136. The Kier molecular flexibility index (Phi) is 5.41. The lowest BCUT2D eigenvalue weighted by molar-refractivity contribution is -0.122. The van der Waals surface area contributed by atoms with E-state index < -0.39 is 15.4 Å². The number of aryl methyl sites for hydroxylation is 1. The third-order valence-electron chi connectivity index (χ3n) is 3.18. The monoisotopic (exact) mass is 332 g/mol. The molecule has 0 spiro atoms. The number of hydrogen-bond donors (Lipinski definition) is 1. The third kappa shape index (κ3) is 3.96. The molecule has 0 aliphatic heterocycles. The number of hydrogen-bond acceptors (Lipinski definition) is 3. The molecular formula is C14H21ClN2O3S. The molecule has 118 valence electrons. The van der Waals surface area contributed by atoms with Gasteiger partial charge in [-0.1, -0.05) is 6.07 Å². The van der Waals surface area contributed by atoms with E-state index in [0.717, 1.165) is 9.87 Å². The van der Waals surface area contributed by atoms with E-state index in [1.54, 1.807) is 26.8 Å². The van der Waals surface area contributed by atoms with Crippen molar-refractivity contribution in [2.75, 3.05) is 25.3 Å². The highest BCUT2D eigenvalue weighted by Gasteiger charge is 2.27. The van der Waals surface area contributed by atoms with E-state index in [4.69, 9.17) is 11.6 Å². The summed E-state index contributed by atoms with van der Waals surface area (Å²) in [5.41, 5.74) is 0.525. The summed E-state index contributed by atoms with van der Waals surface area (Å²) in [5, 5.41) is 2.75. The molecule has 0 unspecified atom stereocenters. The van der Waals surface area contributed by atoms with Crippen LogP contribution in [-0.4, -0.2) is 38.6 Å².